The van der Waals surface area contributed by atoms with Crippen molar-refractivity contribution in [1.82, 2.24) is 9.88 Å². The van der Waals surface area contributed by atoms with Gasteiger partial charge in [-0.15, -0.1) is 0 Å². The Morgan fingerprint density at radius 2 is 1.65 bits per heavy atom. The number of aryl methyl sites for hydroxylation is 1. The van der Waals surface area contributed by atoms with Crippen molar-refractivity contribution < 1.29 is 28.2 Å². The van der Waals surface area contributed by atoms with Gasteiger partial charge in [-0.2, -0.15) is 0 Å². The number of esters is 1. The van der Waals surface area contributed by atoms with E-state index in [2.05, 4.69) is 4.98 Å². The molecule has 4 aromatic rings. The minimum Gasteiger partial charge on any atom is -0.493 e. The number of ether oxygens (including phenoxy) is 3. The smallest absolute Gasteiger partial charge is 0.411 e. The molecule has 1 amide bonds. The maximum atomic E-state index is 13.2. The molecular weight excluding hydrogens is 508 g/mol. The summed E-state index contributed by atoms with van der Waals surface area (Å²) in [5, 5.41) is 0. The van der Waals surface area contributed by atoms with Gasteiger partial charge in [0.1, 0.15) is 24.2 Å². The normalized spacial score (nSPS) is 16.5. The summed E-state index contributed by atoms with van der Waals surface area (Å²) < 4.78 is 22.4. The molecule has 8 nitrogen and oxygen atoms in total. The summed E-state index contributed by atoms with van der Waals surface area (Å²) in [5.74, 6) is 1.64. The van der Waals surface area contributed by atoms with E-state index in [1.165, 1.54) is 12.0 Å². The maximum Gasteiger partial charge on any atom is 0.411 e. The van der Waals surface area contributed by atoms with Crippen LogP contribution in [0.3, 0.4) is 0 Å². The highest BCUT2D eigenvalue weighted by Crippen LogP contribution is 2.38. The number of hydrogen-bond donors (Lipinski definition) is 0. The fourth-order valence-corrected chi connectivity index (χ4v) is 4.97. The van der Waals surface area contributed by atoms with Crippen LogP contribution in [0.15, 0.2) is 89.3 Å². The second kappa shape index (κ2) is 12.5. The van der Waals surface area contributed by atoms with E-state index >= 15 is 0 Å². The zero-order valence-corrected chi connectivity index (χ0v) is 22.6. The molecule has 8 heteroatoms. The molecule has 1 saturated heterocycles. The summed E-state index contributed by atoms with van der Waals surface area (Å²) >= 11 is 0. The first kappa shape index (κ1) is 27.0. The lowest BCUT2D eigenvalue weighted by Gasteiger charge is -2.28. The van der Waals surface area contributed by atoms with Crippen LogP contribution < -0.4 is 4.74 Å². The van der Waals surface area contributed by atoms with Crippen molar-refractivity contribution in [1.29, 1.82) is 0 Å². The van der Waals surface area contributed by atoms with Gasteiger partial charge in [-0.05, 0) is 55.2 Å². The van der Waals surface area contributed by atoms with Crippen molar-refractivity contribution in [2.45, 2.75) is 44.9 Å². The number of carbonyl (C=O) groups excluding carboxylic acids is 2. The number of likely N-dealkylation sites (tertiary alicyclic amines) is 1. The van der Waals surface area contributed by atoms with Crippen LogP contribution in [-0.4, -0.2) is 41.7 Å². The molecule has 40 heavy (non-hydrogen) atoms. The lowest BCUT2D eigenvalue weighted by Crippen LogP contribution is -2.42. The number of aromatic nitrogens is 1. The van der Waals surface area contributed by atoms with Crippen LogP contribution in [0.1, 0.15) is 41.5 Å². The van der Waals surface area contributed by atoms with E-state index in [0.717, 1.165) is 28.1 Å². The molecule has 1 aromatic heterocycles. The summed E-state index contributed by atoms with van der Waals surface area (Å²) in [6.45, 7) is 2.47. The Morgan fingerprint density at radius 3 is 2.35 bits per heavy atom. The van der Waals surface area contributed by atoms with E-state index in [1.54, 1.807) is 0 Å². The molecule has 1 aliphatic heterocycles. The standard InChI is InChI=1S/C32H32N2O6/c1-22-27(33-30(40-22)25-11-7-4-8-12-25)19-20-38-26-15-13-24(14-16-26)28-17-18-29(31(35)37-2)34(28)32(36)39-21-23-9-5-3-6-10-23/h3-16,28-29H,17-21H2,1-2H3/t28-,29-/m0/s1. The van der Waals surface area contributed by atoms with E-state index in [-0.39, 0.29) is 12.6 Å². The van der Waals surface area contributed by atoms with Gasteiger partial charge in [-0.1, -0.05) is 60.7 Å². The largest absolute Gasteiger partial charge is 0.493 e. The Morgan fingerprint density at radius 1 is 0.950 bits per heavy atom. The molecule has 0 bridgehead atoms. The van der Waals surface area contributed by atoms with Crippen molar-refractivity contribution in [3.63, 3.8) is 0 Å². The third-order valence-electron chi connectivity index (χ3n) is 7.06. The predicted octanol–water partition coefficient (Wildman–Crippen LogP) is 6.29. The second-order valence-corrected chi connectivity index (χ2v) is 9.63. The van der Waals surface area contributed by atoms with Crippen molar-refractivity contribution in [3.8, 4) is 17.2 Å². The highest BCUT2D eigenvalue weighted by atomic mass is 16.6. The minimum absolute atomic E-state index is 0.126. The van der Waals surface area contributed by atoms with Crippen molar-refractivity contribution in [2.24, 2.45) is 0 Å². The highest BCUT2D eigenvalue weighted by Gasteiger charge is 2.43. The quantitative estimate of drug-likeness (QED) is 0.231. The molecule has 1 fully saturated rings. The monoisotopic (exact) mass is 540 g/mol. The van der Waals surface area contributed by atoms with Crippen LogP contribution in [0, 0.1) is 6.92 Å². The summed E-state index contributed by atoms with van der Waals surface area (Å²) in [5.41, 5.74) is 3.57. The van der Waals surface area contributed by atoms with Gasteiger partial charge in [-0.3, -0.25) is 4.90 Å². The van der Waals surface area contributed by atoms with Crippen LogP contribution in [0.5, 0.6) is 5.75 Å². The Bertz CT molecular complexity index is 1420. The zero-order valence-electron chi connectivity index (χ0n) is 22.6. The van der Waals surface area contributed by atoms with E-state index in [0.29, 0.717) is 37.5 Å². The topological polar surface area (TPSA) is 91.1 Å². The predicted molar refractivity (Wildman–Crippen MR) is 149 cm³/mol. The molecule has 2 atom stereocenters. The van der Waals surface area contributed by atoms with E-state index < -0.39 is 18.1 Å². The molecular formula is C32H32N2O6. The molecule has 0 radical (unpaired) electrons. The Kier molecular flexibility index (Phi) is 8.44. The van der Waals surface area contributed by atoms with Gasteiger partial charge in [0, 0.05) is 12.0 Å². The Hall–Kier alpha value is -4.59. The fourth-order valence-electron chi connectivity index (χ4n) is 4.97. The Labute approximate surface area is 233 Å². The van der Waals surface area contributed by atoms with Gasteiger partial charge in [-0.25, -0.2) is 14.6 Å². The molecule has 0 aliphatic carbocycles. The highest BCUT2D eigenvalue weighted by molar-refractivity contribution is 5.82. The van der Waals surface area contributed by atoms with E-state index in [4.69, 9.17) is 18.6 Å². The van der Waals surface area contributed by atoms with Crippen molar-refractivity contribution >= 4 is 12.1 Å². The van der Waals surface area contributed by atoms with Gasteiger partial charge < -0.3 is 18.6 Å². The SMILES string of the molecule is COC(=O)[C@@H]1CC[C@@H](c2ccc(OCCc3nc(-c4ccccc4)oc3C)cc2)N1C(=O)OCc1ccccc1. The van der Waals surface area contributed by atoms with Gasteiger partial charge in [0.15, 0.2) is 0 Å². The van der Waals surface area contributed by atoms with Crippen LogP contribution in [0.2, 0.25) is 0 Å². The summed E-state index contributed by atoms with van der Waals surface area (Å²) in [6, 6.07) is 25.8. The number of oxazole rings is 1. The first-order valence-electron chi connectivity index (χ1n) is 13.3. The molecule has 2 heterocycles. The third kappa shape index (κ3) is 6.17. The van der Waals surface area contributed by atoms with Crippen LogP contribution in [-0.2, 0) is 27.3 Å². The fraction of sp³-hybridized carbons (Fsp3) is 0.281. The first-order chi connectivity index (χ1) is 19.5. The van der Waals surface area contributed by atoms with Crippen molar-refractivity contribution in [3.05, 3.63) is 108 Å². The zero-order chi connectivity index (χ0) is 27.9. The Balaban J connectivity index is 1.21. The van der Waals surface area contributed by atoms with Gasteiger partial charge in [0.05, 0.1) is 25.5 Å². The average molecular weight is 541 g/mol. The number of carbonyl (C=O) groups is 2. The van der Waals surface area contributed by atoms with E-state index in [9.17, 15) is 9.59 Å². The van der Waals surface area contributed by atoms with Gasteiger partial charge >= 0.3 is 12.1 Å². The van der Waals surface area contributed by atoms with Crippen LogP contribution in [0.25, 0.3) is 11.5 Å². The number of hydrogen-bond acceptors (Lipinski definition) is 7. The number of rotatable bonds is 9. The number of nitrogens with zero attached hydrogens (tertiary/aromatic N) is 2. The summed E-state index contributed by atoms with van der Waals surface area (Å²) in [4.78, 5) is 31.8. The first-order valence-corrected chi connectivity index (χ1v) is 13.3. The number of benzene rings is 3. The maximum absolute atomic E-state index is 13.2. The van der Waals surface area contributed by atoms with Crippen LogP contribution >= 0.6 is 0 Å². The second-order valence-electron chi connectivity index (χ2n) is 9.63. The number of methoxy groups -OCH3 is 1. The molecule has 3 aromatic carbocycles. The molecule has 0 N–H and O–H groups in total. The summed E-state index contributed by atoms with van der Waals surface area (Å²) in [6.07, 6.45) is 1.18. The number of amides is 1. The van der Waals surface area contributed by atoms with Crippen molar-refractivity contribution in [2.75, 3.05) is 13.7 Å². The lowest BCUT2D eigenvalue weighted by atomic mass is 10.0. The molecule has 1 aliphatic rings. The van der Waals surface area contributed by atoms with Gasteiger partial charge in [0.25, 0.3) is 0 Å². The molecule has 0 unspecified atom stereocenters. The average Bonchev–Trinajstić information content (AvgIpc) is 3.61. The molecule has 0 saturated carbocycles. The van der Waals surface area contributed by atoms with Crippen LogP contribution in [0.4, 0.5) is 4.79 Å². The molecule has 5 rings (SSSR count). The minimum atomic E-state index is -0.694. The summed E-state index contributed by atoms with van der Waals surface area (Å²) in [7, 11) is 1.33. The van der Waals surface area contributed by atoms with Gasteiger partial charge in [0.2, 0.25) is 5.89 Å². The third-order valence-corrected chi connectivity index (χ3v) is 7.06. The van der Waals surface area contributed by atoms with E-state index in [1.807, 2.05) is 91.9 Å². The molecule has 0 spiro atoms. The lowest BCUT2D eigenvalue weighted by molar-refractivity contribution is -0.145. The molecule has 206 valence electrons.